The normalized spacial score (nSPS) is 31.3. The molecular weight excluding hydrogens is 263 g/mol. The molecule has 1 heterocycles. The maximum absolute atomic E-state index is 12.9. The summed E-state index contributed by atoms with van der Waals surface area (Å²) in [7, 11) is 2.11. The van der Waals surface area contributed by atoms with Crippen LogP contribution < -0.4 is 0 Å². The Morgan fingerprint density at radius 3 is 2.70 bits per heavy atom. The first-order valence-corrected chi connectivity index (χ1v) is 7.31. The second kappa shape index (κ2) is 5.06. The minimum Gasteiger partial charge on any atom is -0.306 e. The lowest BCUT2D eigenvalue weighted by atomic mass is 9.71. The summed E-state index contributed by atoms with van der Waals surface area (Å²) >= 11 is 0. The highest BCUT2D eigenvalue weighted by atomic mass is 19.4. The van der Waals surface area contributed by atoms with Gasteiger partial charge in [-0.3, -0.25) is 0 Å². The Balaban J connectivity index is 1.88. The van der Waals surface area contributed by atoms with E-state index in [4.69, 9.17) is 0 Å². The Bertz CT molecular complexity index is 483. The Morgan fingerprint density at radius 2 is 1.95 bits per heavy atom. The summed E-state index contributed by atoms with van der Waals surface area (Å²) < 4.78 is 38.6. The van der Waals surface area contributed by atoms with Gasteiger partial charge in [-0.15, -0.1) is 0 Å². The largest absolute Gasteiger partial charge is 0.416 e. The molecule has 1 aliphatic carbocycles. The number of likely N-dealkylation sites (tertiary alicyclic amines) is 1. The van der Waals surface area contributed by atoms with Gasteiger partial charge in [0.25, 0.3) is 0 Å². The molecule has 0 amide bonds. The first-order chi connectivity index (χ1) is 9.45. The molecule has 0 aromatic heterocycles. The van der Waals surface area contributed by atoms with Crippen molar-refractivity contribution >= 4 is 0 Å². The van der Waals surface area contributed by atoms with Gasteiger partial charge in [0.05, 0.1) is 5.56 Å². The van der Waals surface area contributed by atoms with Gasteiger partial charge in [-0.2, -0.15) is 13.2 Å². The molecule has 1 aliphatic heterocycles. The molecule has 110 valence electrons. The molecule has 0 spiro atoms. The zero-order chi connectivity index (χ0) is 14.3. The highest BCUT2D eigenvalue weighted by Gasteiger charge is 2.40. The van der Waals surface area contributed by atoms with E-state index in [1.807, 2.05) is 6.07 Å². The van der Waals surface area contributed by atoms with Crippen LogP contribution in [0.5, 0.6) is 0 Å². The lowest BCUT2D eigenvalue weighted by Crippen LogP contribution is -2.26. The predicted octanol–water partition coefficient (Wildman–Crippen LogP) is 4.15. The Hall–Kier alpha value is -1.03. The molecule has 1 aromatic carbocycles. The van der Waals surface area contributed by atoms with Crippen molar-refractivity contribution in [3.8, 4) is 0 Å². The quantitative estimate of drug-likeness (QED) is 0.748. The maximum atomic E-state index is 12.9. The molecule has 0 unspecified atom stereocenters. The zero-order valence-corrected chi connectivity index (χ0v) is 11.7. The van der Waals surface area contributed by atoms with E-state index >= 15 is 0 Å². The molecule has 1 saturated heterocycles. The molecule has 2 aliphatic rings. The van der Waals surface area contributed by atoms with E-state index in [0.717, 1.165) is 31.5 Å². The summed E-state index contributed by atoms with van der Waals surface area (Å²) in [6.45, 7) is 2.12. The van der Waals surface area contributed by atoms with Crippen molar-refractivity contribution in [2.24, 2.45) is 11.8 Å². The summed E-state index contributed by atoms with van der Waals surface area (Å²) in [5.74, 6) is 1.48. The van der Waals surface area contributed by atoms with E-state index in [9.17, 15) is 13.2 Å². The van der Waals surface area contributed by atoms with E-state index in [0.29, 0.717) is 17.8 Å². The minimum absolute atomic E-state index is 0.293. The second-order valence-corrected chi connectivity index (χ2v) is 6.31. The van der Waals surface area contributed by atoms with Crippen molar-refractivity contribution in [3.63, 3.8) is 0 Å². The second-order valence-electron chi connectivity index (χ2n) is 6.31. The average Bonchev–Trinajstić information content (AvgIpc) is 2.77. The van der Waals surface area contributed by atoms with E-state index in [-0.39, 0.29) is 0 Å². The average molecular weight is 283 g/mol. The molecular formula is C16H20F3N. The van der Waals surface area contributed by atoms with Crippen molar-refractivity contribution in [1.29, 1.82) is 0 Å². The Labute approximate surface area is 117 Å². The summed E-state index contributed by atoms with van der Waals surface area (Å²) in [6.07, 6.45) is -0.854. The third kappa shape index (κ3) is 2.58. The van der Waals surface area contributed by atoms with Gasteiger partial charge in [0.1, 0.15) is 0 Å². The van der Waals surface area contributed by atoms with Crippen LogP contribution in [0.4, 0.5) is 13.2 Å². The maximum Gasteiger partial charge on any atom is 0.416 e. The van der Waals surface area contributed by atoms with Gasteiger partial charge in [0, 0.05) is 13.1 Å². The van der Waals surface area contributed by atoms with Crippen LogP contribution in [0.3, 0.4) is 0 Å². The predicted molar refractivity (Wildman–Crippen MR) is 72.5 cm³/mol. The first-order valence-electron chi connectivity index (χ1n) is 7.31. The lowest BCUT2D eigenvalue weighted by molar-refractivity contribution is -0.137. The van der Waals surface area contributed by atoms with Gasteiger partial charge in [0.15, 0.2) is 0 Å². The van der Waals surface area contributed by atoms with Gasteiger partial charge in [0.2, 0.25) is 0 Å². The Kier molecular flexibility index (Phi) is 3.53. The summed E-state index contributed by atoms with van der Waals surface area (Å²) in [6, 6.07) is 5.97. The zero-order valence-electron chi connectivity index (χ0n) is 11.7. The number of alkyl halides is 3. The molecule has 2 fully saturated rings. The molecule has 0 radical (unpaired) electrons. The number of nitrogens with zero attached hydrogens (tertiary/aromatic N) is 1. The molecule has 20 heavy (non-hydrogen) atoms. The standard InChI is InChI=1S/C16H20F3N/c1-20-9-12-5-3-7-14(15(12)10-20)11-4-2-6-13(8-11)16(17,18)19/h2,4,6,8,12,14-15H,3,5,7,9-10H2,1H3/t12-,14+,15-/m1/s1. The number of fused-ring (bicyclic) bond motifs is 1. The van der Waals surface area contributed by atoms with Crippen LogP contribution >= 0.6 is 0 Å². The minimum atomic E-state index is -4.24. The molecule has 0 N–H and O–H groups in total. The number of halogens is 3. The number of benzene rings is 1. The third-order valence-electron chi connectivity index (χ3n) is 4.92. The van der Waals surface area contributed by atoms with E-state index < -0.39 is 11.7 Å². The molecule has 1 nitrogen and oxygen atoms in total. The van der Waals surface area contributed by atoms with Crippen molar-refractivity contribution < 1.29 is 13.2 Å². The summed E-state index contributed by atoms with van der Waals surface area (Å²) in [5, 5.41) is 0. The van der Waals surface area contributed by atoms with Crippen molar-refractivity contribution in [2.75, 3.05) is 20.1 Å². The van der Waals surface area contributed by atoms with Crippen LogP contribution in [0.15, 0.2) is 24.3 Å². The van der Waals surface area contributed by atoms with Crippen molar-refractivity contribution in [3.05, 3.63) is 35.4 Å². The summed E-state index contributed by atoms with van der Waals surface area (Å²) in [4.78, 5) is 2.32. The van der Waals surface area contributed by atoms with E-state index in [1.165, 1.54) is 18.6 Å². The van der Waals surface area contributed by atoms with Gasteiger partial charge in [-0.25, -0.2) is 0 Å². The number of rotatable bonds is 1. The SMILES string of the molecule is CN1C[C@H]2CCC[C@@H](c3cccc(C(F)(F)F)c3)[C@@H]2C1. The topological polar surface area (TPSA) is 3.24 Å². The summed E-state index contributed by atoms with van der Waals surface area (Å²) in [5.41, 5.74) is 0.369. The lowest BCUT2D eigenvalue weighted by Gasteiger charge is -2.33. The van der Waals surface area contributed by atoms with Crippen molar-refractivity contribution in [1.82, 2.24) is 4.90 Å². The van der Waals surface area contributed by atoms with Gasteiger partial charge >= 0.3 is 6.18 Å². The van der Waals surface area contributed by atoms with Crippen LogP contribution in [0.2, 0.25) is 0 Å². The van der Waals surface area contributed by atoms with Gasteiger partial charge < -0.3 is 4.90 Å². The molecule has 1 saturated carbocycles. The first kappa shape index (κ1) is 13.9. The number of hydrogen-bond donors (Lipinski definition) is 0. The van der Waals surface area contributed by atoms with Gasteiger partial charge in [-0.1, -0.05) is 24.6 Å². The number of hydrogen-bond acceptors (Lipinski definition) is 1. The highest BCUT2D eigenvalue weighted by Crippen LogP contribution is 2.45. The molecule has 3 atom stereocenters. The van der Waals surface area contributed by atoms with Crippen LogP contribution in [-0.4, -0.2) is 25.0 Å². The monoisotopic (exact) mass is 283 g/mol. The molecule has 3 rings (SSSR count). The van der Waals surface area contributed by atoms with Crippen molar-refractivity contribution in [2.45, 2.75) is 31.4 Å². The van der Waals surface area contributed by atoms with E-state index in [1.54, 1.807) is 6.07 Å². The van der Waals surface area contributed by atoms with E-state index in [2.05, 4.69) is 11.9 Å². The van der Waals surface area contributed by atoms with Gasteiger partial charge in [-0.05, 0) is 49.3 Å². The third-order valence-corrected chi connectivity index (χ3v) is 4.92. The van der Waals surface area contributed by atoms with Crippen LogP contribution in [0.1, 0.15) is 36.3 Å². The highest BCUT2D eigenvalue weighted by molar-refractivity contribution is 5.29. The fraction of sp³-hybridized carbons (Fsp3) is 0.625. The molecule has 4 heteroatoms. The van der Waals surface area contributed by atoms with Crippen LogP contribution in [0, 0.1) is 11.8 Å². The Morgan fingerprint density at radius 1 is 1.15 bits per heavy atom. The van der Waals surface area contributed by atoms with Crippen LogP contribution in [0.25, 0.3) is 0 Å². The molecule has 0 bridgehead atoms. The smallest absolute Gasteiger partial charge is 0.306 e. The molecule has 1 aromatic rings. The fourth-order valence-corrected chi connectivity index (χ4v) is 4.05. The fourth-order valence-electron chi connectivity index (χ4n) is 4.05. The van der Waals surface area contributed by atoms with Crippen LogP contribution in [-0.2, 0) is 6.18 Å².